The van der Waals surface area contributed by atoms with E-state index in [1.165, 1.54) is 12.1 Å². The minimum atomic E-state index is -0.663. The molecule has 0 aliphatic heterocycles. The maximum Gasteiger partial charge on any atom is 0.339 e. The Labute approximate surface area is 96.2 Å². The summed E-state index contributed by atoms with van der Waals surface area (Å²) in [5.74, 6) is -0.293. The second-order valence-electron chi connectivity index (χ2n) is 3.53. The molecule has 3 N–H and O–H groups in total. The van der Waals surface area contributed by atoms with Crippen molar-refractivity contribution in [1.29, 1.82) is 0 Å². The van der Waals surface area contributed by atoms with Crippen LogP contribution in [0.2, 0.25) is 0 Å². The Balaban J connectivity index is 2.34. The van der Waals surface area contributed by atoms with E-state index in [4.69, 9.17) is 4.42 Å². The van der Waals surface area contributed by atoms with Crippen molar-refractivity contribution in [1.82, 2.24) is 0 Å². The molecule has 0 bridgehead atoms. The van der Waals surface area contributed by atoms with Gasteiger partial charge in [0.2, 0.25) is 0 Å². The Morgan fingerprint density at radius 1 is 1.06 bits per heavy atom. The van der Waals surface area contributed by atoms with E-state index in [1.54, 1.807) is 0 Å². The zero-order valence-corrected chi connectivity index (χ0v) is 8.67. The molecule has 1 aromatic carbocycles. The highest BCUT2D eigenvalue weighted by Crippen LogP contribution is 2.22. The number of hydrogen-bond acceptors (Lipinski definition) is 5. The predicted molar refractivity (Wildman–Crippen MR) is 58.1 cm³/mol. The Morgan fingerprint density at radius 2 is 1.76 bits per heavy atom. The maximum atomic E-state index is 11.0. The molecular weight excluding hydrogens is 224 g/mol. The molecule has 0 saturated heterocycles. The summed E-state index contributed by atoms with van der Waals surface area (Å²) >= 11 is 0. The van der Waals surface area contributed by atoms with Crippen LogP contribution >= 0.6 is 0 Å². The first-order valence-corrected chi connectivity index (χ1v) is 4.80. The van der Waals surface area contributed by atoms with Gasteiger partial charge in [-0.1, -0.05) is 0 Å². The van der Waals surface area contributed by atoms with Gasteiger partial charge < -0.3 is 19.7 Å². The van der Waals surface area contributed by atoms with Crippen LogP contribution in [0.4, 0.5) is 0 Å². The average Bonchev–Trinajstić information content (AvgIpc) is 2.13. The van der Waals surface area contributed by atoms with Crippen molar-refractivity contribution in [2.75, 3.05) is 0 Å². The van der Waals surface area contributed by atoms with Crippen LogP contribution in [0.5, 0.6) is 17.2 Å². The predicted octanol–water partition coefficient (Wildman–Crippen LogP) is 1.15. The van der Waals surface area contributed by atoms with Gasteiger partial charge in [-0.25, -0.2) is 4.79 Å². The molecule has 2 aromatic rings. The van der Waals surface area contributed by atoms with E-state index in [2.05, 4.69) is 6.07 Å². The summed E-state index contributed by atoms with van der Waals surface area (Å²) in [6, 6.07) is 7.35. The van der Waals surface area contributed by atoms with E-state index in [1.807, 2.05) is 0 Å². The van der Waals surface area contributed by atoms with Crippen LogP contribution in [-0.2, 0) is 6.42 Å². The van der Waals surface area contributed by atoms with Crippen molar-refractivity contribution in [2.45, 2.75) is 6.42 Å². The highest BCUT2D eigenvalue weighted by Gasteiger charge is 2.05. The van der Waals surface area contributed by atoms with Gasteiger partial charge >= 0.3 is 5.63 Å². The Morgan fingerprint density at radius 3 is 2.41 bits per heavy atom. The van der Waals surface area contributed by atoms with Gasteiger partial charge in [0, 0.05) is 24.6 Å². The van der Waals surface area contributed by atoms with Crippen LogP contribution in [-0.4, -0.2) is 15.3 Å². The molecule has 1 aromatic heterocycles. The fourth-order valence-corrected chi connectivity index (χ4v) is 1.48. The Bertz CT molecular complexity index is 580. The van der Waals surface area contributed by atoms with Gasteiger partial charge in [0.05, 0.1) is 6.07 Å². The molecule has 87 valence electrons. The standard InChI is InChI=1S/C12H9O5/c13-8-1-7(2-9(14)4-8)3-11-5-10(15)6-12(16)17-11/h1,4-6,13-15H,3H2. The molecular formula is C12H9O5. The summed E-state index contributed by atoms with van der Waals surface area (Å²) in [6.07, 6.45) is 0.131. The minimum Gasteiger partial charge on any atom is -0.508 e. The molecule has 0 spiro atoms. The summed E-state index contributed by atoms with van der Waals surface area (Å²) < 4.78 is 4.84. The third kappa shape index (κ3) is 2.78. The van der Waals surface area contributed by atoms with Crippen molar-refractivity contribution in [3.8, 4) is 17.2 Å². The van der Waals surface area contributed by atoms with Crippen molar-refractivity contribution in [2.24, 2.45) is 0 Å². The number of aromatic hydroxyl groups is 3. The number of hydrogen-bond donors (Lipinski definition) is 3. The van der Waals surface area contributed by atoms with Gasteiger partial charge in [0.25, 0.3) is 0 Å². The van der Waals surface area contributed by atoms with Gasteiger partial charge in [-0.15, -0.1) is 0 Å². The van der Waals surface area contributed by atoms with Crippen molar-refractivity contribution < 1.29 is 19.7 Å². The molecule has 17 heavy (non-hydrogen) atoms. The largest absolute Gasteiger partial charge is 0.508 e. The smallest absolute Gasteiger partial charge is 0.339 e. The second-order valence-corrected chi connectivity index (χ2v) is 3.53. The summed E-state index contributed by atoms with van der Waals surface area (Å²) in [5.41, 5.74) is -0.222. The maximum absolute atomic E-state index is 11.0. The lowest BCUT2D eigenvalue weighted by molar-refractivity contribution is 0.427. The average molecular weight is 233 g/mol. The molecule has 1 radical (unpaired) electrons. The molecule has 0 atom stereocenters. The third-order valence-corrected chi connectivity index (χ3v) is 2.07. The number of rotatable bonds is 2. The quantitative estimate of drug-likeness (QED) is 0.723. The van der Waals surface area contributed by atoms with Crippen LogP contribution in [0.25, 0.3) is 0 Å². The first kappa shape index (κ1) is 11.1. The molecule has 0 unspecified atom stereocenters. The molecule has 2 rings (SSSR count). The van der Waals surface area contributed by atoms with E-state index >= 15 is 0 Å². The normalized spacial score (nSPS) is 10.4. The molecule has 5 heteroatoms. The highest BCUT2D eigenvalue weighted by atomic mass is 16.4. The SMILES string of the molecule is O=c1cc(O)cc(Cc2[c]c(O)cc(O)c2)o1. The number of benzene rings is 1. The van der Waals surface area contributed by atoms with E-state index in [9.17, 15) is 20.1 Å². The van der Waals surface area contributed by atoms with Crippen molar-refractivity contribution in [3.63, 3.8) is 0 Å². The van der Waals surface area contributed by atoms with Crippen LogP contribution in [0.3, 0.4) is 0 Å². The molecule has 0 saturated carbocycles. The van der Waals surface area contributed by atoms with Crippen molar-refractivity contribution >= 4 is 0 Å². The number of phenols is 2. The molecule has 5 nitrogen and oxygen atoms in total. The van der Waals surface area contributed by atoms with E-state index in [0.717, 1.165) is 12.1 Å². The molecule has 0 aliphatic carbocycles. The van der Waals surface area contributed by atoms with Gasteiger partial charge in [-0.05, 0) is 11.6 Å². The monoisotopic (exact) mass is 233 g/mol. The van der Waals surface area contributed by atoms with Crippen LogP contribution in [0, 0.1) is 6.07 Å². The van der Waals surface area contributed by atoms with Crippen molar-refractivity contribution in [3.05, 3.63) is 52.1 Å². The Kier molecular flexibility index (Phi) is 2.74. The second kappa shape index (κ2) is 4.21. The fraction of sp³-hybridized carbons (Fsp3) is 0.0833. The topological polar surface area (TPSA) is 90.9 Å². The summed E-state index contributed by atoms with van der Waals surface area (Å²) in [6.45, 7) is 0. The summed E-state index contributed by atoms with van der Waals surface area (Å²) in [7, 11) is 0. The molecule has 0 aliphatic rings. The van der Waals surface area contributed by atoms with Gasteiger partial charge in [-0.3, -0.25) is 0 Å². The first-order chi connectivity index (χ1) is 8.02. The lowest BCUT2D eigenvalue weighted by Crippen LogP contribution is -1.99. The molecule has 0 fully saturated rings. The molecule has 0 amide bonds. The highest BCUT2D eigenvalue weighted by molar-refractivity contribution is 5.37. The lowest BCUT2D eigenvalue weighted by atomic mass is 10.1. The van der Waals surface area contributed by atoms with Crippen LogP contribution in [0.1, 0.15) is 11.3 Å². The number of phenolic OH excluding ortho intramolecular Hbond substituents is 2. The van der Waals surface area contributed by atoms with E-state index < -0.39 is 5.63 Å². The van der Waals surface area contributed by atoms with Gasteiger partial charge in [0.1, 0.15) is 23.0 Å². The zero-order chi connectivity index (χ0) is 12.4. The van der Waals surface area contributed by atoms with Gasteiger partial charge in [-0.2, -0.15) is 0 Å². The summed E-state index contributed by atoms with van der Waals surface area (Å²) in [5, 5.41) is 27.7. The van der Waals surface area contributed by atoms with Gasteiger partial charge in [0.15, 0.2) is 0 Å². The summed E-state index contributed by atoms with van der Waals surface area (Å²) in [4.78, 5) is 11.0. The van der Waals surface area contributed by atoms with Crippen LogP contribution in [0.15, 0.2) is 33.5 Å². The zero-order valence-electron chi connectivity index (χ0n) is 8.67. The Hall–Kier alpha value is -2.43. The van der Waals surface area contributed by atoms with E-state index in [-0.39, 0.29) is 29.4 Å². The fourth-order valence-electron chi connectivity index (χ4n) is 1.48. The lowest BCUT2D eigenvalue weighted by Gasteiger charge is -2.02. The van der Waals surface area contributed by atoms with Crippen LogP contribution < -0.4 is 5.63 Å². The van der Waals surface area contributed by atoms with E-state index in [0.29, 0.717) is 5.56 Å². The minimum absolute atomic E-state index is 0.112. The molecule has 1 heterocycles. The third-order valence-electron chi connectivity index (χ3n) is 2.07. The first-order valence-electron chi connectivity index (χ1n) is 4.80.